The molecule has 2 aromatic rings. The number of hydrogen-bond acceptors (Lipinski definition) is 4. The first-order valence-electron chi connectivity index (χ1n) is 5.87. The lowest BCUT2D eigenvalue weighted by Crippen LogP contribution is -2.24. The molecular formula is C14H14N2OS2. The Morgan fingerprint density at radius 2 is 2.32 bits per heavy atom. The molecule has 0 aliphatic heterocycles. The van der Waals surface area contributed by atoms with Gasteiger partial charge in [-0.15, -0.1) is 22.7 Å². The first-order valence-corrected chi connectivity index (χ1v) is 7.63. The van der Waals surface area contributed by atoms with E-state index in [1.54, 1.807) is 17.4 Å². The third-order valence-corrected chi connectivity index (χ3v) is 4.19. The Morgan fingerprint density at radius 1 is 1.42 bits per heavy atom. The molecule has 2 aromatic heterocycles. The van der Waals surface area contributed by atoms with Crippen LogP contribution in [-0.2, 0) is 6.42 Å². The van der Waals surface area contributed by atoms with E-state index in [0.717, 1.165) is 11.3 Å². The van der Waals surface area contributed by atoms with Crippen molar-refractivity contribution in [3.8, 4) is 11.8 Å². The molecule has 19 heavy (non-hydrogen) atoms. The molecule has 0 atom stereocenters. The number of amides is 1. The number of carbonyl (C=O) groups is 1. The fourth-order valence-electron chi connectivity index (χ4n) is 1.52. The smallest absolute Gasteiger partial charge is 0.252 e. The summed E-state index contributed by atoms with van der Waals surface area (Å²) < 4.78 is 0. The fourth-order valence-corrected chi connectivity index (χ4v) is 2.98. The van der Waals surface area contributed by atoms with E-state index in [-0.39, 0.29) is 5.91 Å². The van der Waals surface area contributed by atoms with Crippen molar-refractivity contribution in [3.63, 3.8) is 0 Å². The van der Waals surface area contributed by atoms with Crippen LogP contribution in [0.5, 0.6) is 0 Å². The maximum Gasteiger partial charge on any atom is 0.252 e. The van der Waals surface area contributed by atoms with Crippen LogP contribution in [0.3, 0.4) is 0 Å². The fraction of sp³-hybridized carbons (Fsp3) is 0.214. The molecule has 0 unspecified atom stereocenters. The Labute approximate surface area is 120 Å². The molecule has 0 radical (unpaired) electrons. The zero-order valence-corrected chi connectivity index (χ0v) is 11.9. The van der Waals surface area contributed by atoms with Gasteiger partial charge in [-0.1, -0.05) is 17.9 Å². The highest BCUT2D eigenvalue weighted by Gasteiger charge is 2.07. The summed E-state index contributed by atoms with van der Waals surface area (Å²) in [5.41, 5.74) is 5.97. The molecular weight excluding hydrogens is 276 g/mol. The highest BCUT2D eigenvalue weighted by molar-refractivity contribution is 7.10. The first-order chi connectivity index (χ1) is 9.29. The molecule has 0 aromatic carbocycles. The molecule has 0 saturated carbocycles. The summed E-state index contributed by atoms with van der Waals surface area (Å²) in [6.45, 7) is 0.985. The Balaban J connectivity index is 1.84. The van der Waals surface area contributed by atoms with Crippen LogP contribution >= 0.6 is 22.7 Å². The largest absolute Gasteiger partial charge is 0.352 e. The van der Waals surface area contributed by atoms with Gasteiger partial charge in [-0.25, -0.2) is 0 Å². The van der Waals surface area contributed by atoms with Crippen LogP contribution in [-0.4, -0.2) is 19.0 Å². The van der Waals surface area contributed by atoms with Crippen molar-refractivity contribution in [1.29, 1.82) is 0 Å². The van der Waals surface area contributed by atoms with E-state index in [0.29, 0.717) is 18.7 Å². The van der Waals surface area contributed by atoms with E-state index in [2.05, 4.69) is 23.2 Å². The van der Waals surface area contributed by atoms with Crippen molar-refractivity contribution in [3.05, 3.63) is 44.3 Å². The number of carbonyl (C=O) groups excluding carboxylic acids is 1. The van der Waals surface area contributed by atoms with E-state index >= 15 is 0 Å². The van der Waals surface area contributed by atoms with Gasteiger partial charge in [0.25, 0.3) is 5.91 Å². The summed E-state index contributed by atoms with van der Waals surface area (Å²) in [4.78, 5) is 14.0. The normalized spacial score (nSPS) is 9.74. The second-order valence-corrected chi connectivity index (χ2v) is 5.73. The number of rotatable bonds is 4. The Bertz CT molecular complexity index is 590. The first kappa shape index (κ1) is 13.8. The van der Waals surface area contributed by atoms with Crippen LogP contribution < -0.4 is 11.1 Å². The third-order valence-electron chi connectivity index (χ3n) is 2.41. The molecule has 0 aliphatic rings. The summed E-state index contributed by atoms with van der Waals surface area (Å²) in [7, 11) is 0. The van der Waals surface area contributed by atoms with E-state index in [4.69, 9.17) is 5.73 Å². The van der Waals surface area contributed by atoms with Crippen LogP contribution in [0.1, 0.15) is 20.1 Å². The zero-order chi connectivity index (χ0) is 13.5. The van der Waals surface area contributed by atoms with Crippen molar-refractivity contribution in [2.75, 3.05) is 13.1 Å². The van der Waals surface area contributed by atoms with E-state index in [1.807, 2.05) is 16.8 Å². The molecule has 2 rings (SSSR count). The lowest BCUT2D eigenvalue weighted by Gasteiger charge is -2.01. The van der Waals surface area contributed by atoms with E-state index in [9.17, 15) is 4.79 Å². The van der Waals surface area contributed by atoms with Crippen LogP contribution in [0.4, 0.5) is 0 Å². The maximum atomic E-state index is 11.9. The van der Waals surface area contributed by atoms with Crippen molar-refractivity contribution >= 4 is 28.6 Å². The standard InChI is InChI=1S/C14H14N2OS2/c15-6-1-3-13-9-11(10-19-13)14(17)16-7-5-12-4-2-8-18-12/h2,4,8-10H,5-7,15H2,(H,16,17). The van der Waals surface area contributed by atoms with E-state index < -0.39 is 0 Å². The third kappa shape index (κ3) is 4.21. The minimum absolute atomic E-state index is 0.0476. The quantitative estimate of drug-likeness (QED) is 0.847. The molecule has 98 valence electrons. The van der Waals surface area contributed by atoms with Crippen molar-refractivity contribution in [1.82, 2.24) is 5.32 Å². The second kappa shape index (κ2) is 7.10. The molecule has 0 fully saturated rings. The minimum atomic E-state index is -0.0476. The molecule has 3 nitrogen and oxygen atoms in total. The van der Waals surface area contributed by atoms with Gasteiger partial charge in [0.1, 0.15) is 0 Å². The van der Waals surface area contributed by atoms with Gasteiger partial charge >= 0.3 is 0 Å². The lowest BCUT2D eigenvalue weighted by molar-refractivity contribution is 0.0954. The molecule has 1 amide bonds. The summed E-state index contributed by atoms with van der Waals surface area (Å²) in [5, 5.41) is 6.77. The molecule has 2 heterocycles. The van der Waals surface area contributed by atoms with Crippen molar-refractivity contribution in [2.24, 2.45) is 5.73 Å². The maximum absolute atomic E-state index is 11.9. The van der Waals surface area contributed by atoms with Gasteiger partial charge in [0, 0.05) is 16.8 Å². The van der Waals surface area contributed by atoms with Crippen molar-refractivity contribution < 1.29 is 4.79 Å². The lowest BCUT2D eigenvalue weighted by atomic mass is 10.2. The summed E-state index contributed by atoms with van der Waals surface area (Å²) >= 11 is 3.17. The van der Waals surface area contributed by atoms with E-state index in [1.165, 1.54) is 16.2 Å². The van der Waals surface area contributed by atoms with Gasteiger partial charge < -0.3 is 11.1 Å². The van der Waals surface area contributed by atoms with Gasteiger partial charge in [0.2, 0.25) is 0 Å². The number of nitrogens with one attached hydrogen (secondary N) is 1. The molecule has 3 N–H and O–H groups in total. The van der Waals surface area contributed by atoms with Gasteiger partial charge in [0.15, 0.2) is 0 Å². The van der Waals surface area contributed by atoms with Gasteiger partial charge in [0.05, 0.1) is 17.0 Å². The summed E-state index contributed by atoms with van der Waals surface area (Å²) in [6, 6.07) is 5.89. The van der Waals surface area contributed by atoms with Crippen LogP contribution in [0.15, 0.2) is 29.0 Å². The highest BCUT2D eigenvalue weighted by atomic mass is 32.1. The SMILES string of the molecule is NCC#Cc1cc(C(=O)NCCc2cccs2)cs1. The predicted molar refractivity (Wildman–Crippen MR) is 80.6 cm³/mol. The molecule has 0 aliphatic carbocycles. The Hall–Kier alpha value is -1.61. The highest BCUT2D eigenvalue weighted by Crippen LogP contribution is 2.13. The zero-order valence-electron chi connectivity index (χ0n) is 10.3. The summed E-state index contributed by atoms with van der Waals surface area (Å²) in [5.74, 6) is 5.65. The average Bonchev–Trinajstić information content (AvgIpc) is 3.07. The van der Waals surface area contributed by atoms with Crippen LogP contribution in [0.25, 0.3) is 0 Å². The Kier molecular flexibility index (Phi) is 5.16. The number of hydrogen-bond donors (Lipinski definition) is 2. The van der Waals surface area contributed by atoms with Gasteiger partial charge in [-0.05, 0) is 23.9 Å². The van der Waals surface area contributed by atoms with Gasteiger partial charge in [-0.3, -0.25) is 4.79 Å². The molecule has 0 bridgehead atoms. The average molecular weight is 290 g/mol. The number of nitrogens with two attached hydrogens (primary N) is 1. The van der Waals surface area contributed by atoms with Gasteiger partial charge in [-0.2, -0.15) is 0 Å². The Morgan fingerprint density at radius 3 is 3.05 bits per heavy atom. The van der Waals surface area contributed by atoms with Crippen molar-refractivity contribution in [2.45, 2.75) is 6.42 Å². The monoisotopic (exact) mass is 290 g/mol. The molecule has 0 saturated heterocycles. The second-order valence-electron chi connectivity index (χ2n) is 3.79. The predicted octanol–water partition coefficient (Wildman–Crippen LogP) is 2.09. The molecule has 0 spiro atoms. The minimum Gasteiger partial charge on any atom is -0.352 e. The topological polar surface area (TPSA) is 55.1 Å². The van der Waals surface area contributed by atoms with Crippen LogP contribution in [0, 0.1) is 11.8 Å². The number of thiophene rings is 2. The molecule has 5 heteroatoms. The van der Waals surface area contributed by atoms with Crippen LogP contribution in [0.2, 0.25) is 0 Å². The summed E-state index contributed by atoms with van der Waals surface area (Å²) in [6.07, 6.45) is 0.868.